The Kier molecular flexibility index (Phi) is 5.02. The first-order chi connectivity index (χ1) is 11.8. The first-order valence-corrected chi connectivity index (χ1v) is 9.72. The van der Waals surface area contributed by atoms with Crippen LogP contribution in [0.3, 0.4) is 0 Å². The fourth-order valence-corrected chi connectivity index (χ4v) is 4.52. The number of nitrogens with one attached hydrogen (secondary N) is 1. The van der Waals surface area contributed by atoms with E-state index in [1.165, 1.54) is 16.9 Å². The van der Waals surface area contributed by atoms with Crippen molar-refractivity contribution in [2.75, 3.05) is 11.4 Å². The molecule has 2 aromatic rings. The fourth-order valence-electron chi connectivity index (χ4n) is 3.59. The van der Waals surface area contributed by atoms with Crippen molar-refractivity contribution in [2.45, 2.75) is 60.0 Å². The summed E-state index contributed by atoms with van der Waals surface area (Å²) >= 11 is 1.52. The summed E-state index contributed by atoms with van der Waals surface area (Å²) < 4.78 is 5.90. The van der Waals surface area contributed by atoms with Crippen molar-refractivity contribution in [2.24, 2.45) is 5.41 Å². The minimum atomic E-state index is 0.0314. The Balaban J connectivity index is 1.71. The SMILES string of the molecule is CCN(C(C)=O)c1nc(CNC2CC(C)(C)Cc3oc(C)cc32)cs1. The van der Waals surface area contributed by atoms with Gasteiger partial charge >= 0.3 is 0 Å². The summed E-state index contributed by atoms with van der Waals surface area (Å²) in [6.07, 6.45) is 2.06. The van der Waals surface area contributed by atoms with E-state index in [0.29, 0.717) is 13.1 Å². The average molecular weight is 362 g/mol. The maximum atomic E-state index is 11.7. The Hall–Kier alpha value is -1.66. The minimum absolute atomic E-state index is 0.0314. The number of nitrogens with zero attached hydrogens (tertiary/aromatic N) is 2. The molecule has 1 N–H and O–H groups in total. The van der Waals surface area contributed by atoms with Crippen molar-refractivity contribution >= 4 is 22.4 Å². The van der Waals surface area contributed by atoms with Crippen LogP contribution in [0.5, 0.6) is 0 Å². The third-order valence-corrected chi connectivity index (χ3v) is 5.65. The second kappa shape index (κ2) is 6.92. The van der Waals surface area contributed by atoms with Crippen LogP contribution >= 0.6 is 11.3 Å². The number of amides is 1. The molecule has 2 heterocycles. The van der Waals surface area contributed by atoms with Crippen molar-refractivity contribution < 1.29 is 9.21 Å². The second-order valence-corrected chi connectivity index (χ2v) is 8.44. The van der Waals surface area contributed by atoms with Crippen LogP contribution in [0.4, 0.5) is 5.13 Å². The third-order valence-electron chi connectivity index (χ3n) is 4.73. The molecular formula is C19H27N3O2S. The molecule has 0 spiro atoms. The molecule has 3 rings (SSSR count). The van der Waals surface area contributed by atoms with Crippen LogP contribution in [0.25, 0.3) is 0 Å². The number of aryl methyl sites for hydroxylation is 1. The lowest BCUT2D eigenvalue weighted by Crippen LogP contribution is -2.32. The summed E-state index contributed by atoms with van der Waals surface area (Å²) in [4.78, 5) is 18.0. The van der Waals surface area contributed by atoms with Crippen molar-refractivity contribution in [3.63, 3.8) is 0 Å². The molecule has 1 aliphatic carbocycles. The largest absolute Gasteiger partial charge is 0.466 e. The van der Waals surface area contributed by atoms with Gasteiger partial charge in [-0.05, 0) is 31.7 Å². The van der Waals surface area contributed by atoms with Gasteiger partial charge < -0.3 is 9.73 Å². The molecule has 136 valence electrons. The van der Waals surface area contributed by atoms with Crippen LogP contribution < -0.4 is 10.2 Å². The van der Waals surface area contributed by atoms with Gasteiger partial charge in [0.1, 0.15) is 11.5 Å². The van der Waals surface area contributed by atoms with Gasteiger partial charge in [0, 0.05) is 43.4 Å². The first kappa shape index (κ1) is 18.1. The van der Waals surface area contributed by atoms with E-state index in [9.17, 15) is 4.79 Å². The lowest BCUT2D eigenvalue weighted by Gasteiger charge is -2.34. The summed E-state index contributed by atoms with van der Waals surface area (Å²) in [6, 6.07) is 2.43. The molecule has 1 amide bonds. The maximum Gasteiger partial charge on any atom is 0.225 e. The van der Waals surface area contributed by atoms with E-state index in [1.54, 1.807) is 11.8 Å². The number of thiazole rings is 1. The predicted molar refractivity (Wildman–Crippen MR) is 101 cm³/mol. The number of carbonyl (C=O) groups is 1. The van der Waals surface area contributed by atoms with E-state index in [2.05, 4.69) is 30.2 Å². The van der Waals surface area contributed by atoms with Crippen LogP contribution in [0, 0.1) is 12.3 Å². The highest BCUT2D eigenvalue weighted by Crippen LogP contribution is 2.42. The Morgan fingerprint density at radius 1 is 1.52 bits per heavy atom. The van der Waals surface area contributed by atoms with Gasteiger partial charge in [0.05, 0.1) is 5.69 Å². The van der Waals surface area contributed by atoms with Crippen molar-refractivity contribution in [1.29, 1.82) is 0 Å². The first-order valence-electron chi connectivity index (χ1n) is 8.84. The molecule has 25 heavy (non-hydrogen) atoms. The van der Waals surface area contributed by atoms with Gasteiger partial charge in [-0.15, -0.1) is 11.3 Å². The number of hydrogen-bond acceptors (Lipinski definition) is 5. The molecule has 0 bridgehead atoms. The summed E-state index contributed by atoms with van der Waals surface area (Å²) in [5.74, 6) is 2.12. The molecule has 0 fully saturated rings. The van der Waals surface area contributed by atoms with E-state index in [4.69, 9.17) is 4.42 Å². The smallest absolute Gasteiger partial charge is 0.225 e. The lowest BCUT2D eigenvalue weighted by atomic mass is 9.74. The van der Waals surface area contributed by atoms with Gasteiger partial charge in [0.15, 0.2) is 5.13 Å². The van der Waals surface area contributed by atoms with Crippen molar-refractivity contribution in [3.05, 3.63) is 34.2 Å². The molecular weight excluding hydrogens is 334 g/mol. The lowest BCUT2D eigenvalue weighted by molar-refractivity contribution is -0.116. The van der Waals surface area contributed by atoms with Crippen LogP contribution in [0.15, 0.2) is 15.9 Å². The van der Waals surface area contributed by atoms with Gasteiger partial charge in [-0.3, -0.25) is 9.69 Å². The molecule has 5 nitrogen and oxygen atoms in total. The summed E-state index contributed by atoms with van der Waals surface area (Å²) in [7, 11) is 0. The number of hydrogen-bond donors (Lipinski definition) is 1. The minimum Gasteiger partial charge on any atom is -0.466 e. The van der Waals surface area contributed by atoms with Crippen LogP contribution in [-0.4, -0.2) is 17.4 Å². The molecule has 6 heteroatoms. The standard InChI is InChI=1S/C19H27N3O2S/c1-6-22(13(3)23)18-21-14(11-25-18)10-20-16-8-19(4,5)9-17-15(16)7-12(2)24-17/h7,11,16,20H,6,8-10H2,1-5H3. The third kappa shape index (κ3) is 3.96. The Morgan fingerprint density at radius 2 is 2.28 bits per heavy atom. The highest BCUT2D eigenvalue weighted by molar-refractivity contribution is 7.14. The zero-order valence-electron chi connectivity index (χ0n) is 15.7. The normalized spacial score (nSPS) is 18.8. The summed E-state index contributed by atoms with van der Waals surface area (Å²) in [5, 5.41) is 6.45. The molecule has 2 aromatic heterocycles. The Morgan fingerprint density at radius 3 is 2.96 bits per heavy atom. The maximum absolute atomic E-state index is 11.7. The quantitative estimate of drug-likeness (QED) is 0.866. The van der Waals surface area contributed by atoms with Crippen molar-refractivity contribution in [1.82, 2.24) is 10.3 Å². The number of fused-ring (bicyclic) bond motifs is 1. The van der Waals surface area contributed by atoms with E-state index in [1.807, 2.05) is 19.2 Å². The fraction of sp³-hybridized carbons (Fsp3) is 0.579. The van der Waals surface area contributed by atoms with Crippen LogP contribution in [0.2, 0.25) is 0 Å². The summed E-state index contributed by atoms with van der Waals surface area (Å²) in [6.45, 7) is 11.5. The van der Waals surface area contributed by atoms with Gasteiger partial charge in [-0.25, -0.2) is 4.98 Å². The van der Waals surface area contributed by atoms with E-state index >= 15 is 0 Å². The van der Waals surface area contributed by atoms with Crippen LogP contribution in [-0.2, 0) is 17.8 Å². The summed E-state index contributed by atoms with van der Waals surface area (Å²) in [5.41, 5.74) is 2.48. The molecule has 0 saturated heterocycles. The number of aromatic nitrogens is 1. The Bertz CT molecular complexity index is 763. The second-order valence-electron chi connectivity index (χ2n) is 7.60. The van der Waals surface area contributed by atoms with Gasteiger partial charge in [-0.1, -0.05) is 13.8 Å². The zero-order valence-corrected chi connectivity index (χ0v) is 16.5. The van der Waals surface area contributed by atoms with Gasteiger partial charge in [0.2, 0.25) is 5.91 Å². The highest BCUT2D eigenvalue weighted by Gasteiger charge is 2.34. The molecule has 0 radical (unpaired) electrons. The molecule has 0 aromatic carbocycles. The monoisotopic (exact) mass is 361 g/mol. The number of furan rings is 1. The van der Waals surface area contributed by atoms with E-state index in [-0.39, 0.29) is 17.4 Å². The van der Waals surface area contributed by atoms with E-state index < -0.39 is 0 Å². The molecule has 1 unspecified atom stereocenters. The van der Waals surface area contributed by atoms with Gasteiger partial charge in [-0.2, -0.15) is 0 Å². The Labute approximate surface area is 153 Å². The zero-order chi connectivity index (χ0) is 18.2. The van der Waals surface area contributed by atoms with Crippen molar-refractivity contribution in [3.8, 4) is 0 Å². The topological polar surface area (TPSA) is 58.4 Å². The average Bonchev–Trinajstić information content (AvgIpc) is 3.10. The molecule has 1 aliphatic rings. The predicted octanol–water partition coefficient (Wildman–Crippen LogP) is 4.22. The number of carbonyl (C=O) groups excluding carboxylic acids is 1. The van der Waals surface area contributed by atoms with E-state index in [0.717, 1.165) is 35.2 Å². The highest BCUT2D eigenvalue weighted by atomic mass is 32.1. The molecule has 1 atom stereocenters. The number of anilines is 1. The number of rotatable bonds is 5. The molecule has 0 saturated carbocycles. The molecule has 0 aliphatic heterocycles. The van der Waals surface area contributed by atoms with Crippen LogP contribution in [0.1, 0.15) is 62.9 Å². The van der Waals surface area contributed by atoms with Gasteiger partial charge in [0.25, 0.3) is 0 Å².